The molecule has 0 radical (unpaired) electrons. The van der Waals surface area contributed by atoms with Crippen LogP contribution in [0.2, 0.25) is 0 Å². The Hall–Kier alpha value is -0.930. The first kappa shape index (κ1) is 11.1. The first-order chi connectivity index (χ1) is 6.83. The van der Waals surface area contributed by atoms with E-state index in [0.29, 0.717) is 24.9 Å². The third-order valence-corrected chi connectivity index (χ3v) is 1.90. The van der Waals surface area contributed by atoms with Crippen LogP contribution >= 0.6 is 12.2 Å². The zero-order chi connectivity index (χ0) is 10.2. The van der Waals surface area contributed by atoms with Crippen LogP contribution in [0.3, 0.4) is 0 Å². The highest BCUT2D eigenvalue weighted by Crippen LogP contribution is 2.01. The second kappa shape index (κ2) is 6.51. The van der Waals surface area contributed by atoms with E-state index in [1.165, 1.54) is 0 Å². The molecule has 3 heteroatoms. The van der Waals surface area contributed by atoms with Gasteiger partial charge in [0.25, 0.3) is 0 Å². The smallest absolute Gasteiger partial charge is 0.185 e. The molecule has 0 N–H and O–H groups in total. The fraction of sp³-hybridized carbons (Fsp3) is 0.364. The largest absolute Gasteiger partial charge is 0.480 e. The maximum atomic E-state index is 5.34. The van der Waals surface area contributed by atoms with E-state index in [9.17, 15) is 0 Å². The first-order valence-corrected chi connectivity index (χ1v) is 5.01. The zero-order valence-electron chi connectivity index (χ0n) is 8.23. The van der Waals surface area contributed by atoms with Gasteiger partial charge in [-0.1, -0.05) is 30.3 Å². The van der Waals surface area contributed by atoms with Crippen LogP contribution in [0.4, 0.5) is 0 Å². The van der Waals surface area contributed by atoms with Crippen molar-refractivity contribution in [3.63, 3.8) is 0 Å². The van der Waals surface area contributed by atoms with Crippen molar-refractivity contribution in [1.82, 2.24) is 0 Å². The quantitative estimate of drug-likeness (QED) is 0.696. The predicted octanol–water partition coefficient (Wildman–Crippen LogP) is 2.57. The minimum atomic E-state index is 0.401. The molecule has 0 fully saturated rings. The van der Waals surface area contributed by atoms with Crippen LogP contribution < -0.4 is 0 Å². The minimum Gasteiger partial charge on any atom is -0.480 e. The molecule has 0 saturated carbocycles. The van der Waals surface area contributed by atoms with Crippen molar-refractivity contribution < 1.29 is 9.47 Å². The minimum absolute atomic E-state index is 0.401. The van der Waals surface area contributed by atoms with Crippen LogP contribution in [0.15, 0.2) is 30.3 Å². The van der Waals surface area contributed by atoms with E-state index < -0.39 is 0 Å². The van der Waals surface area contributed by atoms with Crippen molar-refractivity contribution in [2.24, 2.45) is 0 Å². The maximum absolute atomic E-state index is 5.34. The van der Waals surface area contributed by atoms with E-state index in [4.69, 9.17) is 21.7 Å². The Kier molecular flexibility index (Phi) is 5.19. The number of hydrogen-bond acceptors (Lipinski definition) is 3. The average molecular weight is 210 g/mol. The summed E-state index contributed by atoms with van der Waals surface area (Å²) in [6.45, 7) is 3.51. The number of ether oxygens (including phenoxy) is 2. The highest BCUT2D eigenvalue weighted by Gasteiger charge is 1.97. The fourth-order valence-electron chi connectivity index (χ4n) is 0.965. The van der Waals surface area contributed by atoms with Crippen LogP contribution in [-0.2, 0) is 16.1 Å². The summed E-state index contributed by atoms with van der Waals surface area (Å²) >= 11 is 4.97. The van der Waals surface area contributed by atoms with Crippen LogP contribution in [0.1, 0.15) is 12.5 Å². The lowest BCUT2D eigenvalue weighted by Crippen LogP contribution is -2.10. The second-order valence-electron chi connectivity index (χ2n) is 2.78. The molecule has 14 heavy (non-hydrogen) atoms. The molecule has 0 atom stereocenters. The highest BCUT2D eigenvalue weighted by molar-refractivity contribution is 7.80. The topological polar surface area (TPSA) is 18.5 Å². The van der Waals surface area contributed by atoms with Crippen LogP contribution in [0, 0.1) is 0 Å². The fourth-order valence-corrected chi connectivity index (χ4v) is 1.11. The molecule has 0 aliphatic rings. The molecule has 0 aromatic heterocycles. The van der Waals surface area contributed by atoms with Gasteiger partial charge in [-0.25, -0.2) is 0 Å². The summed E-state index contributed by atoms with van der Waals surface area (Å²) in [5.41, 5.74) is 1.12. The van der Waals surface area contributed by atoms with Crippen molar-refractivity contribution in [2.45, 2.75) is 13.5 Å². The molecule has 0 amide bonds. The van der Waals surface area contributed by atoms with Gasteiger partial charge in [-0.2, -0.15) is 0 Å². The monoisotopic (exact) mass is 210 g/mol. The number of hydrogen-bond donors (Lipinski definition) is 0. The van der Waals surface area contributed by atoms with Gasteiger partial charge in [0, 0.05) is 6.61 Å². The summed E-state index contributed by atoms with van der Waals surface area (Å²) in [5, 5.41) is 0.510. The van der Waals surface area contributed by atoms with Gasteiger partial charge in [0.2, 0.25) is 0 Å². The van der Waals surface area contributed by atoms with Crippen LogP contribution in [0.5, 0.6) is 0 Å². The first-order valence-electron chi connectivity index (χ1n) is 4.60. The molecule has 0 aliphatic heterocycles. The van der Waals surface area contributed by atoms with Crippen molar-refractivity contribution >= 4 is 17.3 Å². The van der Waals surface area contributed by atoms with Crippen LogP contribution in [0.25, 0.3) is 0 Å². The van der Waals surface area contributed by atoms with Gasteiger partial charge >= 0.3 is 0 Å². The maximum Gasteiger partial charge on any atom is 0.185 e. The van der Waals surface area contributed by atoms with Gasteiger partial charge in [-0.3, -0.25) is 0 Å². The van der Waals surface area contributed by atoms with E-state index in [2.05, 4.69) is 0 Å². The van der Waals surface area contributed by atoms with E-state index in [1.54, 1.807) is 0 Å². The van der Waals surface area contributed by atoms with Crippen molar-refractivity contribution in [1.29, 1.82) is 0 Å². The summed E-state index contributed by atoms with van der Waals surface area (Å²) in [5.74, 6) is 0. The molecule has 0 heterocycles. The highest BCUT2D eigenvalue weighted by atomic mass is 32.1. The summed E-state index contributed by atoms with van der Waals surface area (Å²) in [4.78, 5) is 0. The van der Waals surface area contributed by atoms with Gasteiger partial charge < -0.3 is 9.47 Å². The standard InChI is InChI=1S/C11H14O2S/c1-2-12-9-11(14)13-8-10-6-4-3-5-7-10/h3-7H,2,8-9H2,1H3. The molecule has 0 saturated heterocycles. The summed E-state index contributed by atoms with van der Waals surface area (Å²) < 4.78 is 10.5. The number of rotatable bonds is 5. The lowest BCUT2D eigenvalue weighted by atomic mass is 10.2. The van der Waals surface area contributed by atoms with Gasteiger partial charge in [-0.15, -0.1) is 0 Å². The lowest BCUT2D eigenvalue weighted by Gasteiger charge is -2.06. The van der Waals surface area contributed by atoms with Gasteiger partial charge in [0.1, 0.15) is 13.2 Å². The third-order valence-electron chi connectivity index (χ3n) is 1.67. The third kappa shape index (κ3) is 4.35. The second-order valence-corrected chi connectivity index (χ2v) is 3.24. The summed E-state index contributed by atoms with van der Waals surface area (Å²) in [7, 11) is 0. The van der Waals surface area contributed by atoms with E-state index in [0.717, 1.165) is 5.56 Å². The summed E-state index contributed by atoms with van der Waals surface area (Å²) in [6.07, 6.45) is 0. The number of benzene rings is 1. The molecule has 2 nitrogen and oxygen atoms in total. The number of thiocarbonyl (C=S) groups is 1. The van der Waals surface area contributed by atoms with Crippen LogP contribution in [-0.4, -0.2) is 18.3 Å². The molecule has 76 valence electrons. The molecular formula is C11H14O2S. The van der Waals surface area contributed by atoms with Crippen molar-refractivity contribution in [3.8, 4) is 0 Å². The molecule has 0 bridgehead atoms. The Balaban J connectivity index is 2.24. The van der Waals surface area contributed by atoms with Gasteiger partial charge in [0.05, 0.1) is 0 Å². The van der Waals surface area contributed by atoms with Crippen molar-refractivity contribution in [2.75, 3.05) is 13.2 Å². The molecule has 0 unspecified atom stereocenters. The SMILES string of the molecule is CCOCC(=S)OCc1ccccc1. The Morgan fingerprint density at radius 1 is 1.29 bits per heavy atom. The Morgan fingerprint density at radius 2 is 2.00 bits per heavy atom. The molecule has 1 aromatic rings. The molecule has 1 rings (SSSR count). The van der Waals surface area contributed by atoms with Gasteiger partial charge in [0.15, 0.2) is 5.05 Å². The van der Waals surface area contributed by atoms with E-state index in [-0.39, 0.29) is 0 Å². The lowest BCUT2D eigenvalue weighted by molar-refractivity contribution is 0.163. The Labute approximate surface area is 89.8 Å². The van der Waals surface area contributed by atoms with Crippen molar-refractivity contribution in [3.05, 3.63) is 35.9 Å². The van der Waals surface area contributed by atoms with Gasteiger partial charge in [-0.05, 0) is 24.7 Å². The Morgan fingerprint density at radius 3 is 2.64 bits per heavy atom. The normalized spacial score (nSPS) is 9.79. The van der Waals surface area contributed by atoms with E-state index >= 15 is 0 Å². The van der Waals surface area contributed by atoms with E-state index in [1.807, 2.05) is 37.3 Å². The molecule has 0 spiro atoms. The zero-order valence-corrected chi connectivity index (χ0v) is 9.05. The molecule has 1 aromatic carbocycles. The Bertz CT molecular complexity index is 272. The average Bonchev–Trinajstić information content (AvgIpc) is 2.25. The molecular weight excluding hydrogens is 196 g/mol. The predicted molar refractivity (Wildman–Crippen MR) is 60.3 cm³/mol. The summed E-state index contributed by atoms with van der Waals surface area (Å²) in [6, 6.07) is 9.93. The molecule has 0 aliphatic carbocycles.